The summed E-state index contributed by atoms with van der Waals surface area (Å²) in [5.41, 5.74) is 1.10. The van der Waals surface area contributed by atoms with Gasteiger partial charge in [0, 0.05) is 12.0 Å². The van der Waals surface area contributed by atoms with Crippen LogP contribution in [0.25, 0.3) is 0 Å². The van der Waals surface area contributed by atoms with Gasteiger partial charge < -0.3 is 10.1 Å². The predicted molar refractivity (Wildman–Crippen MR) is 94.3 cm³/mol. The first kappa shape index (κ1) is 20.5. The van der Waals surface area contributed by atoms with Gasteiger partial charge in [-0.1, -0.05) is 35.4 Å². The minimum absolute atomic E-state index is 0.0962. The molecule has 2 aromatic carbocycles. The fourth-order valence-electron chi connectivity index (χ4n) is 2.88. The zero-order valence-electron chi connectivity index (χ0n) is 15.2. The van der Waals surface area contributed by atoms with Crippen LogP contribution in [0.3, 0.4) is 0 Å². The number of alkyl halides is 3. The van der Waals surface area contributed by atoms with E-state index in [0.29, 0.717) is 5.56 Å². The van der Waals surface area contributed by atoms with E-state index in [0.717, 1.165) is 24.3 Å². The molecule has 4 nitrogen and oxygen atoms in total. The van der Waals surface area contributed by atoms with Crippen LogP contribution in [0.15, 0.2) is 42.5 Å². The van der Waals surface area contributed by atoms with Crippen LogP contribution in [-0.2, 0) is 22.1 Å². The quantitative estimate of drug-likeness (QED) is 0.804. The maximum absolute atomic E-state index is 13.2. The highest BCUT2D eigenvalue weighted by Crippen LogP contribution is 2.32. The van der Waals surface area contributed by atoms with Crippen molar-refractivity contribution in [1.29, 1.82) is 0 Å². The van der Waals surface area contributed by atoms with Gasteiger partial charge in [-0.15, -0.1) is 0 Å². The van der Waals surface area contributed by atoms with Gasteiger partial charge in [0.05, 0.1) is 12.7 Å². The van der Waals surface area contributed by atoms with Crippen LogP contribution in [0.4, 0.5) is 13.2 Å². The molecule has 27 heavy (non-hydrogen) atoms. The van der Waals surface area contributed by atoms with Gasteiger partial charge in [0.1, 0.15) is 6.04 Å². The van der Waals surface area contributed by atoms with Gasteiger partial charge in [0.2, 0.25) is 0 Å². The number of nitrogens with one attached hydrogen (secondary N) is 1. The molecule has 0 unspecified atom stereocenters. The van der Waals surface area contributed by atoms with E-state index in [4.69, 9.17) is 0 Å². The summed E-state index contributed by atoms with van der Waals surface area (Å²) in [4.78, 5) is 24.6. The third-order valence-corrected chi connectivity index (χ3v) is 4.02. The number of carbonyl (C=O) groups is 2. The molecule has 0 spiro atoms. The average Bonchev–Trinajstić information content (AvgIpc) is 2.59. The fourth-order valence-corrected chi connectivity index (χ4v) is 2.88. The van der Waals surface area contributed by atoms with E-state index in [1.54, 1.807) is 12.1 Å². The lowest BCUT2D eigenvalue weighted by Gasteiger charge is -2.19. The van der Waals surface area contributed by atoms with Crippen molar-refractivity contribution in [2.24, 2.45) is 0 Å². The van der Waals surface area contributed by atoms with Crippen molar-refractivity contribution in [2.75, 3.05) is 7.11 Å². The first-order valence-corrected chi connectivity index (χ1v) is 8.24. The van der Waals surface area contributed by atoms with Crippen molar-refractivity contribution < 1.29 is 27.5 Å². The second kappa shape index (κ2) is 8.24. The third-order valence-electron chi connectivity index (χ3n) is 4.02. The van der Waals surface area contributed by atoms with Gasteiger partial charge in [0.15, 0.2) is 0 Å². The van der Waals surface area contributed by atoms with Gasteiger partial charge in [0.25, 0.3) is 5.91 Å². The summed E-state index contributed by atoms with van der Waals surface area (Å²) in [5.74, 6) is -1.37. The summed E-state index contributed by atoms with van der Waals surface area (Å²) < 4.78 is 44.2. The van der Waals surface area contributed by atoms with Crippen LogP contribution >= 0.6 is 0 Å². The predicted octanol–water partition coefficient (Wildman–Crippen LogP) is 3.84. The highest BCUT2D eigenvalue weighted by molar-refractivity contribution is 5.97. The Labute approximate surface area is 155 Å². The molecule has 0 fully saturated rings. The van der Waals surface area contributed by atoms with E-state index in [9.17, 15) is 22.8 Å². The Morgan fingerprint density at radius 3 is 2.22 bits per heavy atom. The average molecular weight is 379 g/mol. The molecule has 144 valence electrons. The van der Waals surface area contributed by atoms with Crippen LogP contribution in [0.2, 0.25) is 0 Å². The number of esters is 1. The number of halogens is 3. The van der Waals surface area contributed by atoms with Gasteiger partial charge >= 0.3 is 12.1 Å². The molecule has 2 rings (SSSR count). The number of ether oxygens (including phenoxy) is 1. The van der Waals surface area contributed by atoms with E-state index in [-0.39, 0.29) is 12.0 Å². The minimum Gasteiger partial charge on any atom is -0.467 e. The summed E-state index contributed by atoms with van der Waals surface area (Å²) in [7, 11) is 1.12. The van der Waals surface area contributed by atoms with Crippen LogP contribution in [-0.4, -0.2) is 25.0 Å². The van der Waals surface area contributed by atoms with E-state index >= 15 is 0 Å². The molecule has 0 heterocycles. The van der Waals surface area contributed by atoms with E-state index in [1.165, 1.54) is 18.2 Å². The first-order chi connectivity index (χ1) is 12.6. The molecule has 0 radical (unpaired) electrons. The van der Waals surface area contributed by atoms with Crippen molar-refractivity contribution >= 4 is 11.9 Å². The lowest BCUT2D eigenvalue weighted by atomic mass is 9.99. The molecule has 0 aliphatic heterocycles. The van der Waals surface area contributed by atoms with Crippen LogP contribution in [0, 0.1) is 13.8 Å². The van der Waals surface area contributed by atoms with Crippen molar-refractivity contribution in [3.63, 3.8) is 0 Å². The fraction of sp³-hybridized carbons (Fsp3) is 0.300. The third kappa shape index (κ3) is 5.32. The zero-order valence-corrected chi connectivity index (χ0v) is 15.2. The monoisotopic (exact) mass is 379 g/mol. The maximum atomic E-state index is 13.2. The molecular formula is C20H20F3NO3. The summed E-state index contributed by atoms with van der Waals surface area (Å²) in [5, 5.41) is 2.48. The SMILES string of the molecule is COC(=O)[C@H](Cc1ccccc1C(F)(F)F)NC(=O)c1cc(C)cc(C)c1. The van der Waals surface area contributed by atoms with E-state index in [2.05, 4.69) is 10.1 Å². The van der Waals surface area contributed by atoms with E-state index in [1.807, 2.05) is 19.9 Å². The Hall–Kier alpha value is -2.83. The molecule has 0 aromatic heterocycles. The summed E-state index contributed by atoms with van der Waals surface area (Å²) >= 11 is 0. The topological polar surface area (TPSA) is 55.4 Å². The number of hydrogen-bond donors (Lipinski definition) is 1. The standard InChI is InChI=1S/C20H20F3NO3/c1-12-8-13(2)10-15(9-12)18(25)24-17(19(26)27-3)11-14-6-4-5-7-16(14)20(21,22)23/h4-10,17H,11H2,1-3H3,(H,24,25)/t17-/m0/s1. The molecule has 0 aliphatic rings. The molecule has 0 saturated heterocycles. The number of hydrogen-bond acceptors (Lipinski definition) is 3. The number of rotatable bonds is 5. The molecular weight excluding hydrogens is 359 g/mol. The van der Waals surface area contributed by atoms with Crippen LogP contribution < -0.4 is 5.32 Å². The lowest BCUT2D eigenvalue weighted by Crippen LogP contribution is -2.43. The van der Waals surface area contributed by atoms with Crippen molar-refractivity contribution in [3.8, 4) is 0 Å². The van der Waals surface area contributed by atoms with Crippen molar-refractivity contribution in [3.05, 3.63) is 70.3 Å². The van der Waals surface area contributed by atoms with Gasteiger partial charge in [-0.2, -0.15) is 13.2 Å². The van der Waals surface area contributed by atoms with Crippen molar-refractivity contribution in [2.45, 2.75) is 32.5 Å². The number of benzene rings is 2. The number of aryl methyl sites for hydroxylation is 2. The number of carbonyl (C=O) groups excluding carboxylic acids is 2. The lowest BCUT2D eigenvalue weighted by molar-refractivity contribution is -0.144. The molecule has 2 aromatic rings. The first-order valence-electron chi connectivity index (χ1n) is 8.24. The van der Waals surface area contributed by atoms with E-state index < -0.39 is 29.7 Å². The van der Waals surface area contributed by atoms with Crippen molar-refractivity contribution in [1.82, 2.24) is 5.32 Å². The molecule has 7 heteroatoms. The maximum Gasteiger partial charge on any atom is 0.416 e. The summed E-state index contributed by atoms with van der Waals surface area (Å²) in [6.45, 7) is 3.64. The highest BCUT2D eigenvalue weighted by atomic mass is 19.4. The summed E-state index contributed by atoms with van der Waals surface area (Å²) in [6.07, 6.45) is -4.90. The molecule has 0 aliphatic carbocycles. The molecule has 0 bridgehead atoms. The highest BCUT2D eigenvalue weighted by Gasteiger charge is 2.34. The Morgan fingerprint density at radius 1 is 1.07 bits per heavy atom. The van der Waals surface area contributed by atoms with Gasteiger partial charge in [-0.25, -0.2) is 4.79 Å². The molecule has 1 atom stereocenters. The minimum atomic E-state index is -4.56. The molecule has 1 amide bonds. The molecule has 0 saturated carbocycles. The number of amides is 1. The summed E-state index contributed by atoms with van der Waals surface area (Å²) in [6, 6.07) is 8.86. The largest absolute Gasteiger partial charge is 0.467 e. The Bertz CT molecular complexity index is 826. The normalized spacial score (nSPS) is 12.4. The van der Waals surface area contributed by atoms with Gasteiger partial charge in [-0.05, 0) is 37.6 Å². The zero-order chi connectivity index (χ0) is 20.2. The van der Waals surface area contributed by atoms with Crippen LogP contribution in [0.1, 0.15) is 32.6 Å². The Kier molecular flexibility index (Phi) is 6.25. The van der Waals surface area contributed by atoms with Crippen LogP contribution in [0.5, 0.6) is 0 Å². The number of methoxy groups -OCH3 is 1. The Morgan fingerprint density at radius 2 is 1.67 bits per heavy atom. The second-order valence-corrected chi connectivity index (χ2v) is 6.28. The smallest absolute Gasteiger partial charge is 0.416 e. The molecule has 1 N–H and O–H groups in total. The Balaban J connectivity index is 2.29. The van der Waals surface area contributed by atoms with Gasteiger partial charge in [-0.3, -0.25) is 4.79 Å². The second-order valence-electron chi connectivity index (χ2n) is 6.28.